The molecule has 3 aromatic heterocycles. The predicted octanol–water partition coefficient (Wildman–Crippen LogP) is 1.59. The number of rotatable bonds is 5. The van der Waals surface area contributed by atoms with E-state index < -0.39 is 0 Å². The van der Waals surface area contributed by atoms with Crippen LogP contribution < -0.4 is 5.56 Å². The maximum atomic E-state index is 12.9. The maximum absolute atomic E-state index is 12.9. The van der Waals surface area contributed by atoms with Crippen LogP contribution in [0.4, 0.5) is 0 Å². The fraction of sp³-hybridized carbons (Fsp3) is 0.450. The zero-order chi connectivity index (χ0) is 18.8. The van der Waals surface area contributed by atoms with E-state index in [1.165, 1.54) is 0 Å². The number of aromatic nitrogens is 3. The molecule has 0 atom stereocenters. The van der Waals surface area contributed by atoms with Crippen LogP contribution in [0.25, 0.3) is 16.7 Å². The van der Waals surface area contributed by atoms with Crippen molar-refractivity contribution in [3.05, 3.63) is 47.0 Å². The highest BCUT2D eigenvalue weighted by Crippen LogP contribution is 2.14. The van der Waals surface area contributed by atoms with E-state index in [0.29, 0.717) is 30.6 Å². The third kappa shape index (κ3) is 3.35. The number of hydrogen-bond donors (Lipinski definition) is 0. The Morgan fingerprint density at radius 3 is 2.67 bits per heavy atom. The van der Waals surface area contributed by atoms with E-state index in [-0.39, 0.29) is 11.5 Å². The zero-order valence-electron chi connectivity index (χ0n) is 15.7. The summed E-state index contributed by atoms with van der Waals surface area (Å²) in [5.41, 5.74) is 2.14. The minimum Gasteiger partial charge on any atom is -0.340 e. The highest BCUT2D eigenvalue weighted by atomic mass is 16.2. The van der Waals surface area contributed by atoms with Crippen molar-refractivity contribution in [3.8, 4) is 0 Å². The molecule has 0 aromatic carbocycles. The van der Waals surface area contributed by atoms with Gasteiger partial charge in [0.2, 0.25) is 5.91 Å². The van der Waals surface area contributed by atoms with Gasteiger partial charge in [0.15, 0.2) is 5.65 Å². The molecule has 0 N–H and O–H groups in total. The highest BCUT2D eigenvalue weighted by Gasteiger charge is 2.20. The van der Waals surface area contributed by atoms with E-state index in [2.05, 4.69) is 16.8 Å². The van der Waals surface area contributed by atoms with Gasteiger partial charge in [-0.15, -0.1) is 0 Å². The molecule has 1 aliphatic rings. The first-order valence-electron chi connectivity index (χ1n) is 9.63. The summed E-state index contributed by atoms with van der Waals surface area (Å²) in [5.74, 6) is 0.180. The average molecular weight is 367 g/mol. The number of pyridine rings is 1. The fourth-order valence-corrected chi connectivity index (χ4v) is 3.85. The van der Waals surface area contributed by atoms with Crippen LogP contribution in [0.2, 0.25) is 0 Å². The van der Waals surface area contributed by atoms with Crippen molar-refractivity contribution in [1.29, 1.82) is 0 Å². The van der Waals surface area contributed by atoms with Crippen molar-refractivity contribution >= 4 is 22.6 Å². The topological polar surface area (TPSA) is 62.8 Å². The molecule has 27 heavy (non-hydrogen) atoms. The van der Waals surface area contributed by atoms with Crippen molar-refractivity contribution in [3.63, 3.8) is 0 Å². The molecule has 1 amide bonds. The Kier molecular flexibility index (Phi) is 4.94. The van der Waals surface area contributed by atoms with Gasteiger partial charge in [-0.3, -0.25) is 14.2 Å². The minimum atomic E-state index is -0.0600. The van der Waals surface area contributed by atoms with E-state index in [0.717, 1.165) is 38.2 Å². The van der Waals surface area contributed by atoms with Crippen LogP contribution >= 0.6 is 0 Å². The summed E-state index contributed by atoms with van der Waals surface area (Å²) in [5, 5.41) is 0. The molecule has 7 nitrogen and oxygen atoms in total. The van der Waals surface area contributed by atoms with Gasteiger partial charge in [0.1, 0.15) is 5.52 Å². The maximum Gasteiger partial charge on any atom is 0.276 e. The molecule has 0 radical (unpaired) electrons. The number of carbonyl (C=O) groups is 1. The third-order valence-corrected chi connectivity index (χ3v) is 5.44. The Balaban J connectivity index is 1.48. The molecule has 0 saturated carbocycles. The normalized spacial score (nSPS) is 15.7. The average Bonchev–Trinajstić information content (AvgIpc) is 3.21. The zero-order valence-corrected chi connectivity index (χ0v) is 15.7. The Morgan fingerprint density at radius 1 is 1.11 bits per heavy atom. The van der Waals surface area contributed by atoms with E-state index in [9.17, 15) is 9.59 Å². The van der Waals surface area contributed by atoms with Crippen LogP contribution in [0.5, 0.6) is 0 Å². The molecule has 1 fully saturated rings. The van der Waals surface area contributed by atoms with Crippen LogP contribution in [0.3, 0.4) is 0 Å². The predicted molar refractivity (Wildman–Crippen MR) is 105 cm³/mol. The first-order valence-corrected chi connectivity index (χ1v) is 9.63. The van der Waals surface area contributed by atoms with Gasteiger partial charge in [0, 0.05) is 51.5 Å². The second-order valence-corrected chi connectivity index (χ2v) is 6.98. The first kappa shape index (κ1) is 17.7. The molecule has 1 saturated heterocycles. The van der Waals surface area contributed by atoms with Crippen molar-refractivity contribution in [2.45, 2.75) is 26.3 Å². The first-order chi connectivity index (χ1) is 13.2. The number of amides is 1. The second-order valence-electron chi connectivity index (χ2n) is 6.98. The van der Waals surface area contributed by atoms with Crippen LogP contribution in [0, 0.1) is 0 Å². The molecule has 142 valence electrons. The van der Waals surface area contributed by atoms with Gasteiger partial charge in [0.05, 0.1) is 5.52 Å². The van der Waals surface area contributed by atoms with E-state index in [4.69, 9.17) is 0 Å². The molecular formula is C20H25N5O2. The van der Waals surface area contributed by atoms with Gasteiger partial charge in [-0.1, -0.05) is 6.92 Å². The Hall–Kier alpha value is -2.67. The summed E-state index contributed by atoms with van der Waals surface area (Å²) >= 11 is 0. The summed E-state index contributed by atoms with van der Waals surface area (Å²) < 4.78 is 3.58. The van der Waals surface area contributed by atoms with Crippen LogP contribution in [-0.4, -0.2) is 62.4 Å². The Bertz CT molecular complexity index is 1010. The largest absolute Gasteiger partial charge is 0.340 e. The summed E-state index contributed by atoms with van der Waals surface area (Å²) in [7, 11) is 0. The van der Waals surface area contributed by atoms with Gasteiger partial charge in [-0.2, -0.15) is 0 Å². The Labute approximate surface area is 157 Å². The third-order valence-electron chi connectivity index (χ3n) is 5.44. The highest BCUT2D eigenvalue weighted by molar-refractivity contribution is 5.77. The lowest BCUT2D eigenvalue weighted by Gasteiger charge is -2.34. The SMILES string of the molecule is CCN1CCN(C(=O)CCCn2c(=O)c3cccn3c3cccnc32)CC1. The Morgan fingerprint density at radius 2 is 1.89 bits per heavy atom. The van der Waals surface area contributed by atoms with Crippen LogP contribution in [-0.2, 0) is 11.3 Å². The summed E-state index contributed by atoms with van der Waals surface area (Å²) in [6.07, 6.45) is 4.67. The standard InChI is InChI=1S/C20H25N5O2/c1-2-22-12-14-23(15-13-22)18(26)8-5-11-25-19-16(6-3-9-21-19)24-10-4-7-17(24)20(25)27/h3-4,6-7,9-10H,2,5,8,11-15H2,1H3. The summed E-state index contributed by atoms with van der Waals surface area (Å²) in [4.78, 5) is 34.1. The molecule has 7 heteroatoms. The van der Waals surface area contributed by atoms with Crippen molar-refractivity contribution < 1.29 is 4.79 Å². The van der Waals surface area contributed by atoms with Gasteiger partial charge in [-0.25, -0.2) is 4.98 Å². The molecule has 3 aromatic rings. The molecular weight excluding hydrogens is 342 g/mol. The van der Waals surface area contributed by atoms with Crippen LogP contribution in [0.15, 0.2) is 41.5 Å². The van der Waals surface area contributed by atoms with E-state index >= 15 is 0 Å². The number of aryl methyl sites for hydroxylation is 1. The number of likely N-dealkylation sites (N-methyl/N-ethyl adjacent to an activating group) is 1. The van der Waals surface area contributed by atoms with E-state index in [1.807, 2.05) is 39.8 Å². The van der Waals surface area contributed by atoms with Crippen molar-refractivity contribution in [2.75, 3.05) is 32.7 Å². The smallest absolute Gasteiger partial charge is 0.276 e. The van der Waals surface area contributed by atoms with Gasteiger partial charge >= 0.3 is 0 Å². The van der Waals surface area contributed by atoms with Gasteiger partial charge < -0.3 is 14.2 Å². The monoisotopic (exact) mass is 367 g/mol. The number of fused-ring (bicyclic) bond motifs is 3. The summed E-state index contributed by atoms with van der Waals surface area (Å²) in [6, 6.07) is 7.52. The number of hydrogen-bond acceptors (Lipinski definition) is 4. The fourth-order valence-electron chi connectivity index (χ4n) is 3.85. The molecule has 0 spiro atoms. The van der Waals surface area contributed by atoms with Gasteiger partial charge in [-0.05, 0) is 37.2 Å². The van der Waals surface area contributed by atoms with Crippen LogP contribution in [0.1, 0.15) is 19.8 Å². The quantitative estimate of drug-likeness (QED) is 0.687. The molecule has 1 aliphatic heterocycles. The second kappa shape index (κ2) is 7.52. The molecule has 0 aliphatic carbocycles. The lowest BCUT2D eigenvalue weighted by molar-refractivity contribution is -0.133. The molecule has 4 heterocycles. The van der Waals surface area contributed by atoms with Crippen molar-refractivity contribution in [2.24, 2.45) is 0 Å². The molecule has 4 rings (SSSR count). The molecule has 0 unspecified atom stereocenters. The summed E-state index contributed by atoms with van der Waals surface area (Å²) in [6.45, 7) is 7.17. The number of piperazine rings is 1. The minimum absolute atomic E-state index is 0.0600. The number of nitrogens with zero attached hydrogens (tertiary/aromatic N) is 5. The van der Waals surface area contributed by atoms with Gasteiger partial charge in [0.25, 0.3) is 5.56 Å². The lowest BCUT2D eigenvalue weighted by atomic mass is 10.2. The lowest BCUT2D eigenvalue weighted by Crippen LogP contribution is -2.48. The number of carbonyl (C=O) groups excluding carboxylic acids is 1. The van der Waals surface area contributed by atoms with E-state index in [1.54, 1.807) is 10.8 Å². The van der Waals surface area contributed by atoms with Crippen molar-refractivity contribution in [1.82, 2.24) is 23.8 Å². The molecule has 0 bridgehead atoms.